The number of nitrogens with zero attached hydrogens (tertiary/aromatic N) is 1. The van der Waals surface area contributed by atoms with Gasteiger partial charge in [-0.05, 0) is 13.5 Å². The summed E-state index contributed by atoms with van der Waals surface area (Å²) in [7, 11) is 1.78. The lowest BCUT2D eigenvalue weighted by atomic mass is 9.94. The van der Waals surface area contributed by atoms with E-state index in [4.69, 9.17) is 4.74 Å². The molecule has 0 radical (unpaired) electrons. The second kappa shape index (κ2) is 5.75. The Morgan fingerprint density at radius 1 is 1.44 bits per heavy atom. The highest BCUT2D eigenvalue weighted by Crippen LogP contribution is 2.36. The molecule has 2 aliphatic heterocycles. The SMILES string of the molecule is CCN[C@@H](C)C1O[C@@H]2SC(NC)=N[C@@H]2[C@@H](O)[C@@H]1O. The highest BCUT2D eigenvalue weighted by atomic mass is 32.2. The molecule has 0 aromatic heterocycles. The topological polar surface area (TPSA) is 86.1 Å². The van der Waals surface area contributed by atoms with Crippen LogP contribution in [0.1, 0.15) is 13.8 Å². The van der Waals surface area contributed by atoms with Gasteiger partial charge in [-0.1, -0.05) is 18.7 Å². The van der Waals surface area contributed by atoms with Crippen molar-refractivity contribution in [1.82, 2.24) is 10.6 Å². The van der Waals surface area contributed by atoms with Crippen LogP contribution in [0.15, 0.2) is 4.99 Å². The summed E-state index contributed by atoms with van der Waals surface area (Å²) >= 11 is 1.46. The number of aliphatic hydroxyl groups is 2. The van der Waals surface area contributed by atoms with E-state index in [1.165, 1.54) is 11.8 Å². The average Bonchev–Trinajstić information content (AvgIpc) is 2.77. The van der Waals surface area contributed by atoms with Gasteiger partial charge < -0.3 is 25.6 Å². The first-order valence-corrected chi connectivity index (χ1v) is 7.13. The predicted octanol–water partition coefficient (Wildman–Crippen LogP) is -0.878. The van der Waals surface area contributed by atoms with E-state index in [9.17, 15) is 10.2 Å². The van der Waals surface area contributed by atoms with Crippen LogP contribution in [-0.2, 0) is 4.74 Å². The first-order valence-electron chi connectivity index (χ1n) is 6.25. The molecule has 0 saturated carbocycles. The third-order valence-electron chi connectivity index (χ3n) is 3.33. The molecule has 4 N–H and O–H groups in total. The molecule has 1 fully saturated rings. The number of ether oxygens (including phenoxy) is 1. The zero-order chi connectivity index (χ0) is 13.3. The fourth-order valence-corrected chi connectivity index (χ4v) is 3.42. The minimum absolute atomic E-state index is 0.0140. The van der Waals surface area contributed by atoms with Crippen LogP contribution in [0.2, 0.25) is 0 Å². The van der Waals surface area contributed by atoms with Crippen molar-refractivity contribution in [3.8, 4) is 0 Å². The number of aliphatic hydroxyl groups excluding tert-OH is 2. The highest BCUT2D eigenvalue weighted by molar-refractivity contribution is 8.14. The molecule has 1 unspecified atom stereocenters. The molecule has 2 aliphatic rings. The van der Waals surface area contributed by atoms with E-state index in [1.54, 1.807) is 7.05 Å². The van der Waals surface area contributed by atoms with Gasteiger partial charge in [0.05, 0.1) is 0 Å². The van der Waals surface area contributed by atoms with E-state index >= 15 is 0 Å². The van der Waals surface area contributed by atoms with Crippen LogP contribution in [0.4, 0.5) is 0 Å². The Morgan fingerprint density at radius 2 is 2.17 bits per heavy atom. The molecule has 6 atom stereocenters. The average molecular weight is 275 g/mol. The fraction of sp³-hybridized carbons (Fsp3) is 0.909. The molecule has 0 aromatic carbocycles. The third-order valence-corrected chi connectivity index (χ3v) is 4.49. The summed E-state index contributed by atoms with van der Waals surface area (Å²) in [6.45, 7) is 4.74. The minimum Gasteiger partial charge on any atom is -0.388 e. The van der Waals surface area contributed by atoms with Crippen molar-refractivity contribution in [2.45, 2.75) is 49.7 Å². The summed E-state index contributed by atoms with van der Waals surface area (Å²) in [6, 6.07) is -0.405. The minimum atomic E-state index is -0.916. The maximum Gasteiger partial charge on any atom is 0.159 e. The zero-order valence-electron chi connectivity index (χ0n) is 10.8. The van der Waals surface area contributed by atoms with Crippen LogP contribution in [0.5, 0.6) is 0 Å². The summed E-state index contributed by atoms with van der Waals surface area (Å²) in [6.07, 6.45) is -2.21. The number of rotatable bonds is 3. The first-order chi connectivity index (χ1) is 8.58. The van der Waals surface area contributed by atoms with E-state index in [0.29, 0.717) is 0 Å². The van der Waals surface area contributed by atoms with E-state index in [1.807, 2.05) is 13.8 Å². The summed E-state index contributed by atoms with van der Waals surface area (Å²) in [5, 5.41) is 27.2. The van der Waals surface area contributed by atoms with Gasteiger partial charge in [0.25, 0.3) is 0 Å². The lowest BCUT2D eigenvalue weighted by Crippen LogP contribution is -2.60. The van der Waals surface area contributed by atoms with Gasteiger partial charge in [-0.2, -0.15) is 0 Å². The molecule has 0 aromatic rings. The predicted molar refractivity (Wildman–Crippen MR) is 71.7 cm³/mol. The molecule has 2 rings (SSSR count). The number of amidine groups is 1. The van der Waals surface area contributed by atoms with Crippen molar-refractivity contribution >= 4 is 16.9 Å². The Balaban J connectivity index is 2.08. The normalized spacial score (nSPS) is 41.2. The molecular weight excluding hydrogens is 254 g/mol. The quantitative estimate of drug-likeness (QED) is 0.535. The molecule has 18 heavy (non-hydrogen) atoms. The first kappa shape index (κ1) is 14.1. The van der Waals surface area contributed by atoms with Crippen LogP contribution in [0.25, 0.3) is 0 Å². The summed E-state index contributed by atoms with van der Waals surface area (Å²) in [5.41, 5.74) is -0.225. The Labute approximate surface area is 111 Å². The fourth-order valence-electron chi connectivity index (χ4n) is 2.36. The number of hydrogen-bond acceptors (Lipinski definition) is 7. The number of hydrogen-bond donors (Lipinski definition) is 4. The molecule has 104 valence electrons. The van der Waals surface area contributed by atoms with Crippen LogP contribution in [-0.4, -0.2) is 64.8 Å². The molecule has 0 spiro atoms. The van der Waals surface area contributed by atoms with Crippen molar-refractivity contribution in [3.05, 3.63) is 0 Å². The second-order valence-corrected chi connectivity index (χ2v) is 5.68. The van der Waals surface area contributed by atoms with Gasteiger partial charge in [-0.25, -0.2) is 0 Å². The third kappa shape index (κ3) is 2.50. The largest absolute Gasteiger partial charge is 0.388 e. The van der Waals surface area contributed by atoms with E-state index < -0.39 is 24.4 Å². The maximum atomic E-state index is 10.1. The molecule has 0 bridgehead atoms. The summed E-state index contributed by atoms with van der Waals surface area (Å²) in [4.78, 5) is 4.31. The summed E-state index contributed by atoms with van der Waals surface area (Å²) < 4.78 is 5.88. The van der Waals surface area contributed by atoms with Gasteiger partial charge in [-0.3, -0.25) is 4.99 Å². The van der Waals surface area contributed by atoms with Crippen molar-refractivity contribution in [1.29, 1.82) is 0 Å². The second-order valence-electron chi connectivity index (χ2n) is 4.59. The summed E-state index contributed by atoms with van der Waals surface area (Å²) in [5.74, 6) is 0. The number of thioether (sulfide) groups is 1. The molecule has 7 heteroatoms. The number of likely N-dealkylation sites (N-methyl/N-ethyl adjacent to an activating group) is 1. The number of fused-ring (bicyclic) bond motifs is 1. The maximum absolute atomic E-state index is 10.1. The number of nitrogens with one attached hydrogen (secondary N) is 2. The molecule has 2 heterocycles. The monoisotopic (exact) mass is 275 g/mol. The van der Waals surface area contributed by atoms with Gasteiger partial charge in [-0.15, -0.1) is 0 Å². The Hall–Kier alpha value is -0.340. The molecule has 6 nitrogen and oxygen atoms in total. The van der Waals surface area contributed by atoms with Crippen molar-refractivity contribution in [2.24, 2.45) is 4.99 Å². The van der Waals surface area contributed by atoms with Gasteiger partial charge in [0.2, 0.25) is 0 Å². The van der Waals surface area contributed by atoms with Gasteiger partial charge in [0, 0.05) is 13.1 Å². The van der Waals surface area contributed by atoms with Gasteiger partial charge in [0.15, 0.2) is 5.17 Å². The van der Waals surface area contributed by atoms with Crippen LogP contribution < -0.4 is 10.6 Å². The van der Waals surface area contributed by atoms with E-state index in [2.05, 4.69) is 15.6 Å². The zero-order valence-corrected chi connectivity index (χ0v) is 11.6. The smallest absolute Gasteiger partial charge is 0.159 e. The lowest BCUT2D eigenvalue weighted by Gasteiger charge is -2.41. The standard InChI is InChI=1S/C11H21N3O3S/c1-4-13-5(2)9-8(16)7(15)6-10(17-9)18-11(12-3)14-6/h5-10,13,15-16H,4H2,1-3H3,(H,12,14)/t5-,6+,7+,8-,9?,10+/m0/s1. The van der Waals surface area contributed by atoms with Crippen molar-refractivity contribution < 1.29 is 14.9 Å². The molecular formula is C11H21N3O3S. The molecule has 0 amide bonds. The van der Waals surface area contributed by atoms with Crippen LogP contribution in [0, 0.1) is 0 Å². The Morgan fingerprint density at radius 3 is 2.78 bits per heavy atom. The Kier molecular flexibility index (Phi) is 4.50. The van der Waals surface area contributed by atoms with E-state index in [0.717, 1.165) is 11.7 Å². The highest BCUT2D eigenvalue weighted by Gasteiger charge is 2.49. The molecule has 1 saturated heterocycles. The van der Waals surface area contributed by atoms with Gasteiger partial charge in [0.1, 0.15) is 29.8 Å². The van der Waals surface area contributed by atoms with Crippen LogP contribution in [0.3, 0.4) is 0 Å². The van der Waals surface area contributed by atoms with Crippen molar-refractivity contribution in [3.63, 3.8) is 0 Å². The Bertz CT molecular complexity index is 329. The lowest BCUT2D eigenvalue weighted by molar-refractivity contribution is -0.160. The van der Waals surface area contributed by atoms with E-state index in [-0.39, 0.29) is 11.5 Å². The van der Waals surface area contributed by atoms with Gasteiger partial charge >= 0.3 is 0 Å². The number of aliphatic imine (C=N–C) groups is 1. The molecule has 0 aliphatic carbocycles. The van der Waals surface area contributed by atoms with Crippen LogP contribution >= 0.6 is 11.8 Å². The van der Waals surface area contributed by atoms with Crippen molar-refractivity contribution in [2.75, 3.05) is 13.6 Å².